The van der Waals surface area contributed by atoms with Gasteiger partial charge in [-0.15, -0.1) is 0 Å². The largest absolute Gasteiger partial charge is 0.465 e. The smallest absolute Gasteiger partial charge is 0.339 e. The summed E-state index contributed by atoms with van der Waals surface area (Å²) in [7, 11) is 1.26. The minimum Gasteiger partial charge on any atom is -0.465 e. The zero-order valence-corrected chi connectivity index (χ0v) is 14.6. The number of ether oxygens (including phenoxy) is 1. The predicted octanol–water partition coefficient (Wildman–Crippen LogP) is 4.66. The van der Waals surface area contributed by atoms with Gasteiger partial charge in [-0.25, -0.2) is 9.59 Å². The highest BCUT2D eigenvalue weighted by molar-refractivity contribution is 6.33. The second kappa shape index (κ2) is 8.04. The van der Waals surface area contributed by atoms with Crippen molar-refractivity contribution in [3.05, 3.63) is 63.6 Å². The van der Waals surface area contributed by atoms with Crippen molar-refractivity contribution in [2.45, 2.75) is 13.0 Å². The zero-order valence-electron chi connectivity index (χ0n) is 13.1. The van der Waals surface area contributed by atoms with Crippen molar-refractivity contribution >= 4 is 40.9 Å². The van der Waals surface area contributed by atoms with Crippen molar-refractivity contribution < 1.29 is 14.3 Å². The molecule has 0 spiro atoms. The fraction of sp³-hybridized carbons (Fsp3) is 0.176. The van der Waals surface area contributed by atoms with E-state index in [0.29, 0.717) is 10.7 Å². The van der Waals surface area contributed by atoms with Crippen molar-refractivity contribution in [3.8, 4) is 0 Å². The van der Waals surface area contributed by atoms with Crippen molar-refractivity contribution in [2.24, 2.45) is 0 Å². The van der Waals surface area contributed by atoms with E-state index in [0.717, 1.165) is 5.56 Å². The standard InChI is InChI=1S/C17H16Cl2N2O3/c1-10(12-5-3-4-6-14(12)18)20-17(23)21-11-7-8-15(19)13(9-11)16(22)24-2/h3-10H,1-2H3,(H2,20,21,23). The maximum absolute atomic E-state index is 12.1. The Morgan fingerprint density at radius 1 is 1.08 bits per heavy atom. The topological polar surface area (TPSA) is 67.4 Å². The van der Waals surface area contributed by atoms with Gasteiger partial charge in [0.15, 0.2) is 0 Å². The summed E-state index contributed by atoms with van der Waals surface area (Å²) in [5.41, 5.74) is 1.40. The first-order valence-electron chi connectivity index (χ1n) is 7.12. The molecule has 1 unspecified atom stereocenters. The van der Waals surface area contributed by atoms with Gasteiger partial charge < -0.3 is 15.4 Å². The Balaban J connectivity index is 2.07. The van der Waals surface area contributed by atoms with Crippen LogP contribution in [0.5, 0.6) is 0 Å². The van der Waals surface area contributed by atoms with E-state index >= 15 is 0 Å². The Labute approximate surface area is 149 Å². The Hall–Kier alpha value is -2.24. The predicted molar refractivity (Wildman–Crippen MR) is 94.8 cm³/mol. The van der Waals surface area contributed by atoms with Gasteiger partial charge in [-0.1, -0.05) is 41.4 Å². The first kappa shape index (κ1) is 18.1. The normalized spacial score (nSPS) is 11.5. The van der Waals surface area contributed by atoms with Gasteiger partial charge in [-0.2, -0.15) is 0 Å². The summed E-state index contributed by atoms with van der Waals surface area (Å²) in [5.74, 6) is -0.575. The van der Waals surface area contributed by atoms with Crippen molar-refractivity contribution in [3.63, 3.8) is 0 Å². The third-order valence-corrected chi connectivity index (χ3v) is 4.02. The van der Waals surface area contributed by atoms with E-state index < -0.39 is 12.0 Å². The molecule has 7 heteroatoms. The van der Waals surface area contributed by atoms with Crippen LogP contribution in [0, 0.1) is 0 Å². The maximum Gasteiger partial charge on any atom is 0.339 e. The van der Waals surface area contributed by atoms with Crippen LogP contribution in [0.3, 0.4) is 0 Å². The lowest BCUT2D eigenvalue weighted by Crippen LogP contribution is -2.31. The second-order valence-corrected chi connectivity index (χ2v) is 5.84. The van der Waals surface area contributed by atoms with Crippen molar-refractivity contribution in [1.82, 2.24) is 5.32 Å². The fourth-order valence-electron chi connectivity index (χ4n) is 2.14. The van der Waals surface area contributed by atoms with Crippen molar-refractivity contribution in [1.29, 1.82) is 0 Å². The molecule has 0 aromatic heterocycles. The third-order valence-electron chi connectivity index (χ3n) is 3.35. The molecule has 0 saturated carbocycles. The molecule has 5 nitrogen and oxygen atoms in total. The van der Waals surface area contributed by atoms with Crippen molar-refractivity contribution in [2.75, 3.05) is 12.4 Å². The van der Waals surface area contributed by atoms with E-state index in [9.17, 15) is 9.59 Å². The minimum atomic E-state index is -0.575. The highest BCUT2D eigenvalue weighted by atomic mass is 35.5. The maximum atomic E-state index is 12.1. The number of carbonyl (C=O) groups excluding carboxylic acids is 2. The van der Waals surface area contributed by atoms with Gasteiger partial charge in [0.2, 0.25) is 0 Å². The molecule has 0 aliphatic heterocycles. The summed E-state index contributed by atoms with van der Waals surface area (Å²) < 4.78 is 4.65. The van der Waals surface area contributed by atoms with Crippen LogP contribution in [0.15, 0.2) is 42.5 Å². The Kier molecular flexibility index (Phi) is 6.06. The van der Waals surface area contributed by atoms with Crippen LogP contribution < -0.4 is 10.6 Å². The van der Waals surface area contributed by atoms with Crippen LogP contribution in [0.1, 0.15) is 28.9 Å². The molecular weight excluding hydrogens is 351 g/mol. The van der Waals surface area contributed by atoms with Crippen LogP contribution in [0.4, 0.5) is 10.5 Å². The molecule has 1 atom stereocenters. The molecule has 0 saturated heterocycles. The van der Waals surface area contributed by atoms with Gasteiger partial charge in [0.25, 0.3) is 0 Å². The average molecular weight is 367 g/mol. The quantitative estimate of drug-likeness (QED) is 0.773. The molecule has 0 aliphatic rings. The van der Waals surface area contributed by atoms with E-state index in [-0.39, 0.29) is 16.6 Å². The first-order valence-corrected chi connectivity index (χ1v) is 7.87. The lowest BCUT2D eigenvalue weighted by Gasteiger charge is -2.16. The highest BCUT2D eigenvalue weighted by Crippen LogP contribution is 2.23. The van der Waals surface area contributed by atoms with Gasteiger partial charge in [0.05, 0.1) is 23.7 Å². The van der Waals surface area contributed by atoms with Crippen LogP contribution in [-0.2, 0) is 4.74 Å². The molecule has 0 radical (unpaired) electrons. The minimum absolute atomic E-state index is 0.177. The Morgan fingerprint density at radius 2 is 1.79 bits per heavy atom. The number of hydrogen-bond acceptors (Lipinski definition) is 3. The van der Waals surface area contributed by atoms with Crippen LogP contribution in [-0.4, -0.2) is 19.1 Å². The third kappa shape index (κ3) is 4.40. The molecule has 2 amide bonds. The summed E-state index contributed by atoms with van der Waals surface area (Å²) in [6, 6.07) is 11.1. The van der Waals surface area contributed by atoms with E-state index in [1.165, 1.54) is 19.2 Å². The van der Waals surface area contributed by atoms with Gasteiger partial charge in [0.1, 0.15) is 0 Å². The highest BCUT2D eigenvalue weighted by Gasteiger charge is 2.15. The summed E-state index contributed by atoms with van der Waals surface area (Å²) in [6.45, 7) is 1.82. The van der Waals surface area contributed by atoms with Gasteiger partial charge in [0, 0.05) is 10.7 Å². The number of hydrogen-bond donors (Lipinski definition) is 2. The Bertz CT molecular complexity index is 765. The van der Waals surface area contributed by atoms with Crippen LogP contribution >= 0.6 is 23.2 Å². The molecule has 2 rings (SSSR count). The zero-order chi connectivity index (χ0) is 17.7. The molecular formula is C17H16Cl2N2O3. The lowest BCUT2D eigenvalue weighted by atomic mass is 10.1. The van der Waals surface area contributed by atoms with Gasteiger partial charge in [-0.05, 0) is 36.8 Å². The monoisotopic (exact) mass is 366 g/mol. The number of esters is 1. The summed E-state index contributed by atoms with van der Waals surface area (Å²) >= 11 is 12.1. The number of benzene rings is 2. The number of amides is 2. The summed E-state index contributed by atoms with van der Waals surface area (Å²) in [5, 5.41) is 6.25. The molecule has 0 aliphatic carbocycles. The fourth-order valence-corrected chi connectivity index (χ4v) is 2.63. The van der Waals surface area contributed by atoms with Gasteiger partial charge >= 0.3 is 12.0 Å². The number of methoxy groups -OCH3 is 1. The molecule has 0 fully saturated rings. The van der Waals surface area contributed by atoms with Gasteiger partial charge in [-0.3, -0.25) is 0 Å². The summed E-state index contributed by atoms with van der Waals surface area (Å²) in [4.78, 5) is 23.8. The van der Waals surface area contributed by atoms with Crippen LogP contribution in [0.2, 0.25) is 10.0 Å². The molecule has 0 heterocycles. The number of halogens is 2. The van der Waals surface area contributed by atoms with E-state index in [2.05, 4.69) is 15.4 Å². The summed E-state index contributed by atoms with van der Waals surface area (Å²) in [6.07, 6.45) is 0. The number of nitrogens with one attached hydrogen (secondary N) is 2. The first-order chi connectivity index (χ1) is 11.4. The van der Waals surface area contributed by atoms with E-state index in [4.69, 9.17) is 23.2 Å². The number of carbonyl (C=O) groups is 2. The molecule has 0 bridgehead atoms. The number of anilines is 1. The van der Waals surface area contributed by atoms with Crippen LogP contribution in [0.25, 0.3) is 0 Å². The van der Waals surface area contributed by atoms with E-state index in [1.807, 2.05) is 25.1 Å². The molecule has 2 N–H and O–H groups in total. The number of rotatable bonds is 4. The SMILES string of the molecule is COC(=O)c1cc(NC(=O)NC(C)c2ccccc2Cl)ccc1Cl. The number of urea groups is 1. The molecule has 126 valence electrons. The second-order valence-electron chi connectivity index (χ2n) is 5.03. The molecule has 2 aromatic rings. The molecule has 24 heavy (non-hydrogen) atoms. The Morgan fingerprint density at radius 3 is 2.46 bits per heavy atom. The lowest BCUT2D eigenvalue weighted by molar-refractivity contribution is 0.0601. The average Bonchev–Trinajstić information content (AvgIpc) is 2.56. The molecule has 2 aromatic carbocycles. The van der Waals surface area contributed by atoms with E-state index in [1.54, 1.807) is 12.1 Å².